The fourth-order valence-corrected chi connectivity index (χ4v) is 1.81. The maximum Gasteiger partial charge on any atom is 0.341 e. The number of benzene rings is 1. The number of methoxy groups -OCH3 is 1. The summed E-state index contributed by atoms with van der Waals surface area (Å²) in [5.41, 5.74) is 1.08. The normalized spacial score (nSPS) is 10.3. The van der Waals surface area contributed by atoms with Crippen LogP contribution in [0.3, 0.4) is 0 Å². The van der Waals surface area contributed by atoms with E-state index in [2.05, 4.69) is 12.2 Å². The molecule has 0 amide bonds. The smallest absolute Gasteiger partial charge is 0.341 e. The maximum atomic E-state index is 10.5. The molecule has 0 aromatic heterocycles. The van der Waals surface area contributed by atoms with Gasteiger partial charge in [0, 0.05) is 6.54 Å². The van der Waals surface area contributed by atoms with E-state index in [-0.39, 0.29) is 6.61 Å². The van der Waals surface area contributed by atoms with Crippen LogP contribution in [-0.2, 0) is 11.3 Å². The fraction of sp³-hybridized carbons (Fsp3) is 0.533. The largest absolute Gasteiger partial charge is 0.493 e. The summed E-state index contributed by atoms with van der Waals surface area (Å²) in [4.78, 5) is 10.5. The summed E-state index contributed by atoms with van der Waals surface area (Å²) in [6.07, 6.45) is 3.62. The molecule has 0 spiro atoms. The van der Waals surface area contributed by atoms with Crippen molar-refractivity contribution in [3.8, 4) is 11.5 Å². The summed E-state index contributed by atoms with van der Waals surface area (Å²) < 4.78 is 10.4. The lowest BCUT2D eigenvalue weighted by Crippen LogP contribution is -2.15. The standard InChI is InChI=1S/C15H23NO4/c1-3-4-5-8-16-10-12-6-7-13(14(9-12)19-2)20-11-15(17)18/h6-7,9,16H,3-5,8,10-11H2,1-2H3,(H,17,18). The molecule has 1 aromatic carbocycles. The second-order valence-corrected chi connectivity index (χ2v) is 4.55. The lowest BCUT2D eigenvalue weighted by Gasteiger charge is -2.11. The first kappa shape index (κ1) is 16.3. The topological polar surface area (TPSA) is 67.8 Å². The second-order valence-electron chi connectivity index (χ2n) is 4.55. The van der Waals surface area contributed by atoms with Crippen molar-refractivity contribution in [2.24, 2.45) is 0 Å². The molecule has 20 heavy (non-hydrogen) atoms. The summed E-state index contributed by atoms with van der Waals surface area (Å²) in [6, 6.07) is 5.52. The highest BCUT2D eigenvalue weighted by molar-refractivity contribution is 5.68. The highest BCUT2D eigenvalue weighted by Crippen LogP contribution is 2.27. The number of hydrogen-bond acceptors (Lipinski definition) is 4. The minimum Gasteiger partial charge on any atom is -0.493 e. The van der Waals surface area contributed by atoms with E-state index < -0.39 is 5.97 Å². The van der Waals surface area contributed by atoms with Gasteiger partial charge in [0.15, 0.2) is 18.1 Å². The lowest BCUT2D eigenvalue weighted by atomic mass is 10.2. The van der Waals surface area contributed by atoms with Crippen LogP contribution in [0.5, 0.6) is 11.5 Å². The van der Waals surface area contributed by atoms with E-state index in [4.69, 9.17) is 14.6 Å². The summed E-state index contributed by atoms with van der Waals surface area (Å²) in [6.45, 7) is 3.57. The van der Waals surface area contributed by atoms with Crippen LogP contribution < -0.4 is 14.8 Å². The molecule has 2 N–H and O–H groups in total. The van der Waals surface area contributed by atoms with Crippen LogP contribution >= 0.6 is 0 Å². The summed E-state index contributed by atoms with van der Waals surface area (Å²) in [5.74, 6) is -0.00235. The average Bonchev–Trinajstić information content (AvgIpc) is 2.45. The minimum atomic E-state index is -1.01. The van der Waals surface area contributed by atoms with E-state index in [1.165, 1.54) is 19.3 Å². The van der Waals surface area contributed by atoms with Crippen LogP contribution in [-0.4, -0.2) is 31.3 Å². The van der Waals surface area contributed by atoms with Gasteiger partial charge < -0.3 is 19.9 Å². The number of ether oxygens (including phenoxy) is 2. The monoisotopic (exact) mass is 281 g/mol. The van der Waals surface area contributed by atoms with E-state index in [1.54, 1.807) is 13.2 Å². The predicted octanol–water partition coefficient (Wildman–Crippen LogP) is 2.44. The number of carbonyl (C=O) groups is 1. The van der Waals surface area contributed by atoms with Gasteiger partial charge in [-0.2, -0.15) is 0 Å². The maximum absolute atomic E-state index is 10.5. The van der Waals surface area contributed by atoms with Crippen LogP contribution in [0.1, 0.15) is 31.7 Å². The van der Waals surface area contributed by atoms with Gasteiger partial charge in [-0.05, 0) is 30.7 Å². The Hall–Kier alpha value is -1.75. The Morgan fingerprint density at radius 3 is 2.75 bits per heavy atom. The van der Waals surface area contributed by atoms with Crippen molar-refractivity contribution in [3.63, 3.8) is 0 Å². The van der Waals surface area contributed by atoms with Gasteiger partial charge in [0.2, 0.25) is 0 Å². The first-order valence-electron chi connectivity index (χ1n) is 6.89. The Morgan fingerprint density at radius 1 is 1.30 bits per heavy atom. The van der Waals surface area contributed by atoms with E-state index in [0.717, 1.165) is 18.7 Å². The molecule has 0 radical (unpaired) electrons. The van der Waals surface area contributed by atoms with Gasteiger partial charge in [-0.1, -0.05) is 25.8 Å². The fourth-order valence-electron chi connectivity index (χ4n) is 1.81. The van der Waals surface area contributed by atoms with Crippen LogP contribution in [0.25, 0.3) is 0 Å². The van der Waals surface area contributed by atoms with Gasteiger partial charge >= 0.3 is 5.97 Å². The van der Waals surface area contributed by atoms with Gasteiger partial charge in [0.25, 0.3) is 0 Å². The Balaban J connectivity index is 2.51. The minimum absolute atomic E-state index is 0.370. The molecular formula is C15H23NO4. The molecule has 0 bridgehead atoms. The number of carboxylic acid groups (broad SMARTS) is 1. The molecule has 0 fully saturated rings. The first-order chi connectivity index (χ1) is 9.67. The van der Waals surface area contributed by atoms with Gasteiger partial charge in [0.1, 0.15) is 0 Å². The molecule has 0 saturated carbocycles. The van der Waals surface area contributed by atoms with Crippen molar-refractivity contribution in [2.45, 2.75) is 32.7 Å². The number of hydrogen-bond donors (Lipinski definition) is 2. The molecule has 0 atom stereocenters. The van der Waals surface area contributed by atoms with Crippen LogP contribution in [0, 0.1) is 0 Å². The Kier molecular flexibility index (Phi) is 7.50. The zero-order chi connectivity index (χ0) is 14.8. The quantitative estimate of drug-likeness (QED) is 0.645. The predicted molar refractivity (Wildman–Crippen MR) is 77.4 cm³/mol. The van der Waals surface area contributed by atoms with E-state index in [0.29, 0.717) is 11.5 Å². The average molecular weight is 281 g/mol. The second kappa shape index (κ2) is 9.20. The van der Waals surface area contributed by atoms with Crippen molar-refractivity contribution in [1.82, 2.24) is 5.32 Å². The zero-order valence-electron chi connectivity index (χ0n) is 12.1. The molecule has 1 rings (SSSR count). The van der Waals surface area contributed by atoms with Crippen molar-refractivity contribution >= 4 is 5.97 Å². The number of rotatable bonds is 10. The third-order valence-electron chi connectivity index (χ3n) is 2.87. The van der Waals surface area contributed by atoms with Crippen LogP contribution in [0.2, 0.25) is 0 Å². The molecule has 0 saturated heterocycles. The molecule has 0 unspecified atom stereocenters. The molecule has 0 aliphatic carbocycles. The number of aliphatic carboxylic acids is 1. The van der Waals surface area contributed by atoms with Crippen molar-refractivity contribution in [3.05, 3.63) is 23.8 Å². The number of carboxylic acids is 1. The highest BCUT2D eigenvalue weighted by Gasteiger charge is 2.07. The molecule has 0 aliphatic rings. The molecule has 5 nitrogen and oxygen atoms in total. The zero-order valence-corrected chi connectivity index (χ0v) is 12.1. The van der Waals surface area contributed by atoms with Gasteiger partial charge in [-0.3, -0.25) is 0 Å². The van der Waals surface area contributed by atoms with Crippen molar-refractivity contribution in [1.29, 1.82) is 0 Å². The first-order valence-corrected chi connectivity index (χ1v) is 6.89. The van der Waals surface area contributed by atoms with Gasteiger partial charge in [0.05, 0.1) is 7.11 Å². The van der Waals surface area contributed by atoms with Gasteiger partial charge in [-0.15, -0.1) is 0 Å². The SMILES string of the molecule is CCCCCNCc1ccc(OCC(=O)O)c(OC)c1. The van der Waals surface area contributed by atoms with Crippen LogP contribution in [0.4, 0.5) is 0 Å². The number of unbranched alkanes of at least 4 members (excludes halogenated alkanes) is 2. The highest BCUT2D eigenvalue weighted by atomic mass is 16.5. The molecular weight excluding hydrogens is 258 g/mol. The third kappa shape index (κ3) is 5.93. The molecule has 0 aliphatic heterocycles. The van der Waals surface area contributed by atoms with E-state index in [1.807, 2.05) is 12.1 Å². The van der Waals surface area contributed by atoms with Crippen LogP contribution in [0.15, 0.2) is 18.2 Å². The number of nitrogens with one attached hydrogen (secondary N) is 1. The summed E-state index contributed by atoms with van der Waals surface area (Å²) in [5, 5.41) is 12.0. The van der Waals surface area contributed by atoms with Gasteiger partial charge in [-0.25, -0.2) is 4.79 Å². The van der Waals surface area contributed by atoms with Crippen molar-refractivity contribution in [2.75, 3.05) is 20.3 Å². The molecule has 0 heterocycles. The van der Waals surface area contributed by atoms with Crippen molar-refractivity contribution < 1.29 is 19.4 Å². The summed E-state index contributed by atoms with van der Waals surface area (Å²) >= 11 is 0. The molecule has 112 valence electrons. The van der Waals surface area contributed by atoms with E-state index in [9.17, 15) is 4.79 Å². The Morgan fingerprint density at radius 2 is 2.10 bits per heavy atom. The molecule has 1 aromatic rings. The Bertz CT molecular complexity index is 420. The Labute approximate surface area is 119 Å². The molecule has 5 heteroatoms. The lowest BCUT2D eigenvalue weighted by molar-refractivity contribution is -0.139. The summed E-state index contributed by atoms with van der Waals surface area (Å²) in [7, 11) is 1.54. The van der Waals surface area contributed by atoms with E-state index >= 15 is 0 Å². The third-order valence-corrected chi connectivity index (χ3v) is 2.87.